The maximum atomic E-state index is 13.5. The Morgan fingerprint density at radius 2 is 1.67 bits per heavy atom. The molecule has 1 aliphatic rings. The zero-order chi connectivity index (χ0) is 18.9. The molecule has 0 saturated carbocycles. The van der Waals surface area contributed by atoms with Gasteiger partial charge in [-0.25, -0.2) is 18.2 Å². The molecule has 2 heterocycles. The Labute approximate surface area is 155 Å². The number of halogens is 3. The second kappa shape index (κ2) is 7.06. The van der Waals surface area contributed by atoms with Crippen LogP contribution in [0.25, 0.3) is 10.9 Å². The SMILES string of the molecule is Fc1ccc(CNc2nc(N3CCC(F)(F)CC3)c3ccccc3n2)cc1. The van der Waals surface area contributed by atoms with Crippen LogP contribution in [-0.4, -0.2) is 29.0 Å². The molecule has 1 fully saturated rings. The predicted molar refractivity (Wildman–Crippen MR) is 99.7 cm³/mol. The van der Waals surface area contributed by atoms with Crippen LogP contribution in [0.2, 0.25) is 0 Å². The number of hydrogen-bond acceptors (Lipinski definition) is 4. The molecular formula is C20H19F3N4. The minimum atomic E-state index is -2.61. The molecule has 0 atom stereocenters. The zero-order valence-electron chi connectivity index (χ0n) is 14.6. The molecule has 2 aromatic carbocycles. The van der Waals surface area contributed by atoms with E-state index >= 15 is 0 Å². The zero-order valence-corrected chi connectivity index (χ0v) is 14.6. The summed E-state index contributed by atoms with van der Waals surface area (Å²) in [5, 5.41) is 3.99. The minimum Gasteiger partial charge on any atom is -0.355 e. The lowest BCUT2D eigenvalue weighted by Gasteiger charge is -2.33. The van der Waals surface area contributed by atoms with Crippen molar-refractivity contribution in [2.24, 2.45) is 0 Å². The third kappa shape index (κ3) is 3.97. The van der Waals surface area contributed by atoms with E-state index < -0.39 is 5.92 Å². The van der Waals surface area contributed by atoms with Crippen LogP contribution >= 0.6 is 0 Å². The first-order valence-electron chi connectivity index (χ1n) is 8.88. The molecule has 7 heteroatoms. The topological polar surface area (TPSA) is 41.1 Å². The summed E-state index contributed by atoms with van der Waals surface area (Å²) in [6, 6.07) is 13.7. The van der Waals surface area contributed by atoms with Crippen LogP contribution in [0.1, 0.15) is 18.4 Å². The van der Waals surface area contributed by atoms with Gasteiger partial charge < -0.3 is 10.2 Å². The number of hydrogen-bond donors (Lipinski definition) is 1. The van der Waals surface area contributed by atoms with Crippen molar-refractivity contribution in [2.75, 3.05) is 23.3 Å². The van der Waals surface area contributed by atoms with Crippen LogP contribution in [0.15, 0.2) is 48.5 Å². The van der Waals surface area contributed by atoms with Gasteiger partial charge in [0.25, 0.3) is 5.92 Å². The van der Waals surface area contributed by atoms with Crippen LogP contribution in [-0.2, 0) is 6.54 Å². The van der Waals surface area contributed by atoms with Crippen molar-refractivity contribution in [1.29, 1.82) is 0 Å². The normalized spacial score (nSPS) is 16.5. The quantitative estimate of drug-likeness (QED) is 0.726. The number of aromatic nitrogens is 2. The molecule has 1 saturated heterocycles. The van der Waals surface area contributed by atoms with E-state index in [2.05, 4.69) is 15.3 Å². The lowest BCUT2D eigenvalue weighted by Crippen LogP contribution is -2.40. The molecule has 1 aliphatic heterocycles. The number of nitrogens with one attached hydrogen (secondary N) is 1. The summed E-state index contributed by atoms with van der Waals surface area (Å²) in [5.74, 6) is -1.81. The molecule has 0 aliphatic carbocycles. The Hall–Kier alpha value is -2.83. The average molecular weight is 372 g/mol. The van der Waals surface area contributed by atoms with E-state index in [1.807, 2.05) is 29.2 Å². The summed E-state index contributed by atoms with van der Waals surface area (Å²) in [7, 11) is 0. The van der Waals surface area contributed by atoms with Gasteiger partial charge in [-0.2, -0.15) is 4.98 Å². The van der Waals surface area contributed by atoms with Gasteiger partial charge in [0.1, 0.15) is 11.6 Å². The van der Waals surface area contributed by atoms with E-state index in [9.17, 15) is 13.2 Å². The van der Waals surface area contributed by atoms with Crippen LogP contribution in [0.4, 0.5) is 24.9 Å². The Kier molecular flexibility index (Phi) is 4.59. The van der Waals surface area contributed by atoms with E-state index in [0.717, 1.165) is 16.5 Å². The lowest BCUT2D eigenvalue weighted by atomic mass is 10.1. The van der Waals surface area contributed by atoms with Gasteiger partial charge in [-0.05, 0) is 29.8 Å². The van der Waals surface area contributed by atoms with Crippen LogP contribution in [0, 0.1) is 5.82 Å². The first-order chi connectivity index (χ1) is 13.0. The van der Waals surface area contributed by atoms with Gasteiger partial charge in [-0.15, -0.1) is 0 Å². The second-order valence-corrected chi connectivity index (χ2v) is 6.71. The van der Waals surface area contributed by atoms with Gasteiger partial charge in [0.05, 0.1) is 5.52 Å². The van der Waals surface area contributed by atoms with Crippen molar-refractivity contribution in [3.8, 4) is 0 Å². The fourth-order valence-corrected chi connectivity index (χ4v) is 3.21. The first kappa shape index (κ1) is 17.6. The van der Waals surface area contributed by atoms with Gasteiger partial charge in [-0.1, -0.05) is 24.3 Å². The van der Waals surface area contributed by atoms with Crippen molar-refractivity contribution in [3.05, 3.63) is 59.9 Å². The van der Waals surface area contributed by atoms with Gasteiger partial charge in [0, 0.05) is 37.9 Å². The third-order valence-corrected chi connectivity index (χ3v) is 4.74. The predicted octanol–water partition coefficient (Wildman–Crippen LogP) is 4.62. The fraction of sp³-hybridized carbons (Fsp3) is 0.300. The Balaban J connectivity index is 1.61. The number of rotatable bonds is 4. The van der Waals surface area contributed by atoms with E-state index in [0.29, 0.717) is 18.3 Å². The third-order valence-electron chi connectivity index (χ3n) is 4.74. The Morgan fingerprint density at radius 1 is 0.963 bits per heavy atom. The van der Waals surface area contributed by atoms with E-state index in [4.69, 9.17) is 0 Å². The Morgan fingerprint density at radius 3 is 2.41 bits per heavy atom. The maximum absolute atomic E-state index is 13.5. The molecule has 1 aromatic heterocycles. The van der Waals surface area contributed by atoms with Crippen LogP contribution < -0.4 is 10.2 Å². The van der Waals surface area contributed by atoms with Crippen molar-refractivity contribution >= 4 is 22.7 Å². The molecule has 0 radical (unpaired) electrons. The molecule has 3 aromatic rings. The average Bonchev–Trinajstić information content (AvgIpc) is 2.67. The molecule has 0 spiro atoms. The second-order valence-electron chi connectivity index (χ2n) is 6.71. The maximum Gasteiger partial charge on any atom is 0.251 e. The molecule has 0 amide bonds. The highest BCUT2D eigenvalue weighted by Crippen LogP contribution is 2.33. The number of para-hydroxylation sites is 1. The summed E-state index contributed by atoms with van der Waals surface area (Å²) in [6.45, 7) is 0.951. The summed E-state index contributed by atoms with van der Waals surface area (Å²) in [4.78, 5) is 11.0. The highest BCUT2D eigenvalue weighted by atomic mass is 19.3. The van der Waals surface area contributed by atoms with Gasteiger partial charge >= 0.3 is 0 Å². The van der Waals surface area contributed by atoms with Crippen LogP contribution in [0.5, 0.6) is 0 Å². The van der Waals surface area contributed by atoms with Crippen molar-refractivity contribution in [3.63, 3.8) is 0 Å². The number of nitrogens with zero attached hydrogens (tertiary/aromatic N) is 3. The standard InChI is InChI=1S/C20H19F3N4/c21-15-7-5-14(6-8-15)13-24-19-25-17-4-2-1-3-16(17)18(26-19)27-11-9-20(22,23)10-12-27/h1-8H,9-13H2,(H,24,25,26). The monoisotopic (exact) mass is 372 g/mol. The van der Waals surface area contributed by atoms with E-state index in [-0.39, 0.29) is 31.7 Å². The van der Waals surface area contributed by atoms with Crippen molar-refractivity contribution in [2.45, 2.75) is 25.3 Å². The summed E-state index contributed by atoms with van der Waals surface area (Å²) < 4.78 is 40.1. The van der Waals surface area contributed by atoms with Gasteiger partial charge in [0.15, 0.2) is 0 Å². The van der Waals surface area contributed by atoms with Gasteiger partial charge in [0.2, 0.25) is 5.95 Å². The molecule has 27 heavy (non-hydrogen) atoms. The number of fused-ring (bicyclic) bond motifs is 1. The largest absolute Gasteiger partial charge is 0.355 e. The van der Waals surface area contributed by atoms with Gasteiger partial charge in [-0.3, -0.25) is 0 Å². The molecule has 140 valence electrons. The Bertz CT molecular complexity index is 934. The van der Waals surface area contributed by atoms with Crippen molar-refractivity contribution < 1.29 is 13.2 Å². The number of anilines is 2. The summed E-state index contributed by atoms with van der Waals surface area (Å²) >= 11 is 0. The molecule has 1 N–H and O–H groups in total. The molecule has 4 nitrogen and oxygen atoms in total. The fourth-order valence-electron chi connectivity index (χ4n) is 3.21. The summed E-state index contributed by atoms with van der Waals surface area (Å²) in [6.07, 6.45) is -0.354. The number of alkyl halides is 2. The number of benzene rings is 2. The molecular weight excluding hydrogens is 353 g/mol. The highest BCUT2D eigenvalue weighted by Gasteiger charge is 2.35. The van der Waals surface area contributed by atoms with Crippen LogP contribution in [0.3, 0.4) is 0 Å². The highest BCUT2D eigenvalue weighted by molar-refractivity contribution is 5.90. The first-order valence-corrected chi connectivity index (χ1v) is 8.88. The lowest BCUT2D eigenvalue weighted by molar-refractivity contribution is -0.0221. The molecule has 0 unspecified atom stereocenters. The number of piperidine rings is 1. The molecule has 4 rings (SSSR count). The van der Waals surface area contributed by atoms with Crippen molar-refractivity contribution in [1.82, 2.24) is 9.97 Å². The molecule has 0 bridgehead atoms. The van der Waals surface area contributed by atoms with E-state index in [1.165, 1.54) is 12.1 Å². The summed E-state index contributed by atoms with van der Waals surface area (Å²) in [5.41, 5.74) is 1.65. The smallest absolute Gasteiger partial charge is 0.251 e. The minimum absolute atomic E-state index is 0.177. The van der Waals surface area contributed by atoms with E-state index in [1.54, 1.807) is 12.1 Å².